The zero-order chi connectivity index (χ0) is 19.7. The minimum Gasteiger partial charge on any atom is -0.306 e. The van der Waals surface area contributed by atoms with Gasteiger partial charge in [0.15, 0.2) is 0 Å². The van der Waals surface area contributed by atoms with E-state index in [1.807, 2.05) is 62.4 Å². The fraction of sp³-hybridized carbons (Fsp3) is 0.136. The van der Waals surface area contributed by atoms with Crippen LogP contribution in [-0.2, 0) is 0 Å². The van der Waals surface area contributed by atoms with Gasteiger partial charge in [-0.25, -0.2) is 4.39 Å². The van der Waals surface area contributed by atoms with Gasteiger partial charge in [-0.2, -0.15) is 4.80 Å². The molecule has 5 nitrogen and oxygen atoms in total. The van der Waals surface area contributed by atoms with Crippen molar-refractivity contribution in [3.05, 3.63) is 84.2 Å². The second-order valence-corrected chi connectivity index (χ2v) is 6.74. The number of hydrogen-bond acceptors (Lipinski definition) is 3. The predicted octanol–water partition coefficient (Wildman–Crippen LogP) is 4.61. The van der Waals surface area contributed by atoms with Crippen molar-refractivity contribution in [2.45, 2.75) is 19.9 Å². The number of fused-ring (bicyclic) bond motifs is 1. The van der Waals surface area contributed by atoms with Crippen molar-refractivity contribution in [2.24, 2.45) is 0 Å². The van der Waals surface area contributed by atoms with Gasteiger partial charge >= 0.3 is 0 Å². The summed E-state index contributed by atoms with van der Waals surface area (Å²) in [5.41, 5.74) is 3.14. The van der Waals surface area contributed by atoms with Gasteiger partial charge in [-0.3, -0.25) is 4.79 Å². The summed E-state index contributed by atoms with van der Waals surface area (Å²) < 4.78 is 14.1. The van der Waals surface area contributed by atoms with Gasteiger partial charge in [-0.1, -0.05) is 24.3 Å². The van der Waals surface area contributed by atoms with Gasteiger partial charge in [0.25, 0.3) is 5.91 Å². The quantitative estimate of drug-likeness (QED) is 0.524. The standard InChI is InChI=1S/C22H19FN4O/c1-15(2)26(22(28)18-7-3-4-8-19(18)23)16-11-13-17(14-12-16)27-24-20-9-5-6-10-21(20)25-27/h3-15H,1-2H3. The molecule has 1 amide bonds. The summed E-state index contributed by atoms with van der Waals surface area (Å²) in [6.45, 7) is 3.79. The maximum atomic E-state index is 14.1. The van der Waals surface area contributed by atoms with E-state index in [2.05, 4.69) is 10.2 Å². The Hall–Kier alpha value is -3.54. The predicted molar refractivity (Wildman–Crippen MR) is 107 cm³/mol. The van der Waals surface area contributed by atoms with Gasteiger partial charge in [0.2, 0.25) is 0 Å². The van der Waals surface area contributed by atoms with E-state index in [-0.39, 0.29) is 17.5 Å². The monoisotopic (exact) mass is 374 g/mol. The van der Waals surface area contributed by atoms with Gasteiger partial charge < -0.3 is 4.90 Å². The highest BCUT2D eigenvalue weighted by Gasteiger charge is 2.23. The van der Waals surface area contributed by atoms with Gasteiger partial charge in [0.05, 0.1) is 11.3 Å². The third-order valence-corrected chi connectivity index (χ3v) is 4.48. The molecule has 6 heteroatoms. The number of aromatic nitrogens is 3. The van der Waals surface area contributed by atoms with Gasteiger partial charge in [0, 0.05) is 11.7 Å². The van der Waals surface area contributed by atoms with Crippen LogP contribution in [0.3, 0.4) is 0 Å². The SMILES string of the molecule is CC(C)N(C(=O)c1ccccc1F)c1ccc(-n2nc3ccccc3n2)cc1. The summed E-state index contributed by atoms with van der Waals surface area (Å²) in [7, 11) is 0. The molecule has 0 unspecified atom stereocenters. The number of nitrogens with zero attached hydrogens (tertiary/aromatic N) is 4. The molecule has 28 heavy (non-hydrogen) atoms. The van der Waals surface area contributed by atoms with Crippen LogP contribution in [-0.4, -0.2) is 26.9 Å². The summed E-state index contributed by atoms with van der Waals surface area (Å²) in [5.74, 6) is -0.897. The lowest BCUT2D eigenvalue weighted by atomic mass is 10.1. The normalized spacial score (nSPS) is 11.1. The van der Waals surface area contributed by atoms with Crippen molar-refractivity contribution in [2.75, 3.05) is 4.90 Å². The molecule has 0 spiro atoms. The smallest absolute Gasteiger partial charge is 0.261 e. The highest BCUT2D eigenvalue weighted by Crippen LogP contribution is 2.23. The molecule has 0 aliphatic heterocycles. The first-order chi connectivity index (χ1) is 13.5. The summed E-state index contributed by atoms with van der Waals surface area (Å²) in [6, 6.07) is 20.9. The van der Waals surface area contributed by atoms with Crippen LogP contribution in [0.1, 0.15) is 24.2 Å². The van der Waals surface area contributed by atoms with Crippen LogP contribution in [0.25, 0.3) is 16.7 Å². The Kier molecular flexibility index (Phi) is 4.61. The Morgan fingerprint density at radius 3 is 2.04 bits per heavy atom. The molecule has 0 saturated carbocycles. The molecule has 0 saturated heterocycles. The number of carbonyl (C=O) groups excluding carboxylic acids is 1. The van der Waals surface area contributed by atoms with Crippen LogP contribution in [0.15, 0.2) is 72.8 Å². The van der Waals surface area contributed by atoms with Crippen LogP contribution in [0, 0.1) is 5.82 Å². The second kappa shape index (κ2) is 7.23. The maximum Gasteiger partial charge on any atom is 0.261 e. The topological polar surface area (TPSA) is 51.0 Å². The minimum atomic E-state index is -0.526. The van der Waals surface area contributed by atoms with E-state index in [1.165, 1.54) is 12.1 Å². The van der Waals surface area contributed by atoms with Gasteiger partial charge in [-0.05, 0) is 62.4 Å². The summed E-state index contributed by atoms with van der Waals surface area (Å²) in [5, 5.41) is 8.92. The Morgan fingerprint density at radius 2 is 1.46 bits per heavy atom. The van der Waals surface area contributed by atoms with Gasteiger partial charge in [0.1, 0.15) is 16.9 Å². The molecule has 4 rings (SSSR count). The third-order valence-electron chi connectivity index (χ3n) is 4.48. The lowest BCUT2D eigenvalue weighted by Gasteiger charge is -2.27. The molecule has 3 aromatic carbocycles. The molecule has 0 fully saturated rings. The highest BCUT2D eigenvalue weighted by atomic mass is 19.1. The third kappa shape index (κ3) is 3.24. The Balaban J connectivity index is 1.67. The molecular weight excluding hydrogens is 355 g/mol. The first-order valence-electron chi connectivity index (χ1n) is 9.05. The zero-order valence-corrected chi connectivity index (χ0v) is 15.6. The number of benzene rings is 3. The molecule has 140 valence electrons. The molecule has 0 aliphatic carbocycles. The van der Waals surface area contributed by atoms with E-state index in [4.69, 9.17) is 0 Å². The second-order valence-electron chi connectivity index (χ2n) is 6.74. The molecule has 0 aliphatic rings. The number of rotatable bonds is 4. The van der Waals surface area contributed by atoms with E-state index in [9.17, 15) is 9.18 Å². The summed E-state index contributed by atoms with van der Waals surface area (Å²) in [6.07, 6.45) is 0. The van der Waals surface area contributed by atoms with Crippen molar-refractivity contribution in [1.82, 2.24) is 15.0 Å². The van der Waals surface area contributed by atoms with Crippen molar-refractivity contribution < 1.29 is 9.18 Å². The van der Waals surface area contributed by atoms with Crippen molar-refractivity contribution in [3.63, 3.8) is 0 Å². The largest absolute Gasteiger partial charge is 0.306 e. The molecule has 1 heterocycles. The van der Waals surface area contributed by atoms with Crippen LogP contribution in [0.5, 0.6) is 0 Å². The number of anilines is 1. The fourth-order valence-corrected chi connectivity index (χ4v) is 3.14. The van der Waals surface area contributed by atoms with Crippen LogP contribution in [0.2, 0.25) is 0 Å². The first-order valence-corrected chi connectivity index (χ1v) is 9.05. The highest BCUT2D eigenvalue weighted by molar-refractivity contribution is 6.06. The fourth-order valence-electron chi connectivity index (χ4n) is 3.14. The number of hydrogen-bond donors (Lipinski definition) is 0. The zero-order valence-electron chi connectivity index (χ0n) is 15.6. The van der Waals surface area contributed by atoms with E-state index in [0.29, 0.717) is 5.69 Å². The van der Waals surface area contributed by atoms with Crippen molar-refractivity contribution in [3.8, 4) is 5.69 Å². The van der Waals surface area contributed by atoms with E-state index >= 15 is 0 Å². The average molecular weight is 374 g/mol. The Bertz CT molecular complexity index is 1100. The Labute approximate surface area is 162 Å². The summed E-state index contributed by atoms with van der Waals surface area (Å²) in [4.78, 5) is 16.1. The molecule has 0 atom stereocenters. The van der Waals surface area contributed by atoms with E-state index in [1.54, 1.807) is 21.8 Å². The lowest BCUT2D eigenvalue weighted by molar-refractivity contribution is 0.0976. The van der Waals surface area contributed by atoms with E-state index < -0.39 is 5.82 Å². The number of halogens is 1. The van der Waals surface area contributed by atoms with Crippen molar-refractivity contribution >= 4 is 22.6 Å². The lowest BCUT2D eigenvalue weighted by Crippen LogP contribution is -2.37. The van der Waals surface area contributed by atoms with Crippen molar-refractivity contribution in [1.29, 1.82) is 0 Å². The average Bonchev–Trinajstić information content (AvgIpc) is 3.13. The molecule has 0 N–H and O–H groups in total. The molecule has 1 aromatic heterocycles. The number of amides is 1. The number of carbonyl (C=O) groups is 1. The maximum absolute atomic E-state index is 14.1. The summed E-state index contributed by atoms with van der Waals surface area (Å²) >= 11 is 0. The minimum absolute atomic E-state index is 0.0558. The molecule has 0 bridgehead atoms. The van der Waals surface area contributed by atoms with Crippen LogP contribution >= 0.6 is 0 Å². The first kappa shape index (κ1) is 17.9. The van der Waals surface area contributed by atoms with Gasteiger partial charge in [-0.15, -0.1) is 10.2 Å². The van der Waals surface area contributed by atoms with Crippen LogP contribution in [0.4, 0.5) is 10.1 Å². The molecule has 4 aromatic rings. The molecule has 0 radical (unpaired) electrons. The Morgan fingerprint density at radius 1 is 0.893 bits per heavy atom. The molecular formula is C22H19FN4O. The van der Waals surface area contributed by atoms with E-state index in [0.717, 1.165) is 16.7 Å². The van der Waals surface area contributed by atoms with Crippen LogP contribution < -0.4 is 4.90 Å².